The zero-order chi connectivity index (χ0) is 26.0. The van der Waals surface area contributed by atoms with Gasteiger partial charge in [-0.3, -0.25) is 18.7 Å². The number of ketones is 2. The number of Topliss-reactive ketones (excluding diaryl/α,β-unsaturated/α-hetero) is 2. The quantitative estimate of drug-likeness (QED) is 0.393. The molecule has 0 saturated heterocycles. The molecule has 2 rings (SSSR count). The van der Waals surface area contributed by atoms with E-state index in [0.717, 1.165) is 4.57 Å². The number of ether oxygens (including phenoxy) is 1. The van der Waals surface area contributed by atoms with Gasteiger partial charge in [-0.05, 0) is 70.7 Å². The summed E-state index contributed by atoms with van der Waals surface area (Å²) in [5.41, 5.74) is -0.737. The Hall–Kier alpha value is -3.20. The molecule has 1 N–H and O–H groups in total. The van der Waals surface area contributed by atoms with Crippen LogP contribution in [0.4, 0.5) is 5.69 Å². The van der Waals surface area contributed by atoms with E-state index >= 15 is 0 Å². The molecule has 35 heavy (non-hydrogen) atoms. The second-order valence-corrected chi connectivity index (χ2v) is 8.90. The van der Waals surface area contributed by atoms with Crippen LogP contribution in [0.1, 0.15) is 58.1 Å². The zero-order valence-corrected chi connectivity index (χ0v) is 21.2. The van der Waals surface area contributed by atoms with Crippen molar-refractivity contribution in [2.45, 2.75) is 72.4 Å². The second kappa shape index (κ2) is 13.6. The summed E-state index contributed by atoms with van der Waals surface area (Å²) in [4.78, 5) is 61.2. The van der Waals surface area contributed by atoms with E-state index < -0.39 is 17.2 Å². The van der Waals surface area contributed by atoms with E-state index in [-0.39, 0.29) is 30.4 Å². The van der Waals surface area contributed by atoms with Crippen molar-refractivity contribution in [2.24, 2.45) is 0 Å². The molecule has 0 spiro atoms. The Labute approximate surface area is 209 Å². The minimum atomic E-state index is -0.602. The monoisotopic (exact) mass is 505 g/mol. The van der Waals surface area contributed by atoms with Gasteiger partial charge in [-0.25, -0.2) is 4.79 Å². The molecule has 0 bridgehead atoms. The molecule has 0 aliphatic heterocycles. The summed E-state index contributed by atoms with van der Waals surface area (Å²) in [6.07, 6.45) is 2.96. The number of carbonyl (C=O) groups excluding carboxylic acids is 3. The van der Waals surface area contributed by atoms with Crippen LogP contribution in [0.3, 0.4) is 0 Å². The SMILES string of the molecule is CC(=O)CCCCn1c(C)c(NC(=O)COc2ccc(Cl)cc2)c(=O)n(CCCCC(C)=O)c1=O. The highest BCUT2D eigenvalue weighted by molar-refractivity contribution is 6.30. The Morgan fingerprint density at radius 3 is 1.97 bits per heavy atom. The third-order valence-electron chi connectivity index (χ3n) is 5.46. The van der Waals surface area contributed by atoms with E-state index in [2.05, 4.69) is 5.32 Å². The molecule has 10 heteroatoms. The van der Waals surface area contributed by atoms with E-state index in [1.165, 1.54) is 18.4 Å². The first kappa shape index (κ1) is 28.0. The van der Waals surface area contributed by atoms with Crippen LogP contribution < -0.4 is 21.3 Å². The topological polar surface area (TPSA) is 116 Å². The van der Waals surface area contributed by atoms with Crippen LogP contribution in [0.2, 0.25) is 5.02 Å². The molecule has 190 valence electrons. The average molecular weight is 506 g/mol. The van der Waals surface area contributed by atoms with Crippen molar-refractivity contribution < 1.29 is 19.1 Å². The van der Waals surface area contributed by atoms with Crippen molar-refractivity contribution in [3.8, 4) is 5.75 Å². The predicted molar refractivity (Wildman–Crippen MR) is 134 cm³/mol. The largest absolute Gasteiger partial charge is 0.484 e. The lowest BCUT2D eigenvalue weighted by Gasteiger charge is -2.18. The number of nitrogens with one attached hydrogen (secondary N) is 1. The van der Waals surface area contributed by atoms with Crippen LogP contribution in [0.5, 0.6) is 5.75 Å². The summed E-state index contributed by atoms with van der Waals surface area (Å²) >= 11 is 5.85. The van der Waals surface area contributed by atoms with Crippen molar-refractivity contribution in [1.82, 2.24) is 9.13 Å². The van der Waals surface area contributed by atoms with Gasteiger partial charge >= 0.3 is 5.69 Å². The number of amides is 1. The molecule has 1 aromatic carbocycles. The summed E-state index contributed by atoms with van der Waals surface area (Å²) in [5, 5.41) is 3.13. The molecule has 0 atom stereocenters. The molecule has 9 nitrogen and oxygen atoms in total. The maximum absolute atomic E-state index is 13.1. The molecule has 0 aliphatic rings. The van der Waals surface area contributed by atoms with Gasteiger partial charge in [0.15, 0.2) is 6.61 Å². The minimum Gasteiger partial charge on any atom is -0.484 e. The van der Waals surface area contributed by atoms with Crippen LogP contribution in [-0.4, -0.2) is 33.2 Å². The third kappa shape index (κ3) is 8.83. The number of hydrogen-bond donors (Lipinski definition) is 1. The van der Waals surface area contributed by atoms with Gasteiger partial charge in [0.05, 0.1) is 0 Å². The lowest BCUT2D eigenvalue weighted by atomic mass is 10.2. The first-order valence-corrected chi connectivity index (χ1v) is 12.0. The van der Waals surface area contributed by atoms with Gasteiger partial charge in [0, 0.05) is 36.6 Å². The predicted octanol–water partition coefficient (Wildman–Crippen LogP) is 3.51. The molecule has 0 unspecified atom stereocenters. The fourth-order valence-electron chi connectivity index (χ4n) is 3.55. The Morgan fingerprint density at radius 1 is 0.886 bits per heavy atom. The molecule has 2 aromatic rings. The number of aromatic nitrogens is 2. The fourth-order valence-corrected chi connectivity index (χ4v) is 3.67. The van der Waals surface area contributed by atoms with Gasteiger partial charge < -0.3 is 19.6 Å². The summed E-state index contributed by atoms with van der Waals surface area (Å²) in [6, 6.07) is 6.50. The van der Waals surface area contributed by atoms with Crippen molar-refractivity contribution in [1.29, 1.82) is 0 Å². The highest BCUT2D eigenvalue weighted by Gasteiger charge is 2.18. The highest BCUT2D eigenvalue weighted by Crippen LogP contribution is 2.16. The van der Waals surface area contributed by atoms with Crippen molar-refractivity contribution in [2.75, 3.05) is 11.9 Å². The molecular weight excluding hydrogens is 474 g/mol. The number of nitrogens with zero attached hydrogens (tertiary/aromatic N) is 2. The van der Waals surface area contributed by atoms with E-state index in [4.69, 9.17) is 16.3 Å². The Balaban J connectivity index is 2.25. The van der Waals surface area contributed by atoms with Crippen molar-refractivity contribution in [3.05, 3.63) is 55.8 Å². The van der Waals surface area contributed by atoms with Crippen LogP contribution >= 0.6 is 11.6 Å². The molecule has 1 aromatic heterocycles. The summed E-state index contributed by atoms with van der Waals surface area (Å²) in [6.45, 7) is 4.70. The van der Waals surface area contributed by atoms with Crippen LogP contribution in [0, 0.1) is 6.92 Å². The number of anilines is 1. The van der Waals surface area contributed by atoms with Crippen LogP contribution in [0.15, 0.2) is 33.9 Å². The number of unbranched alkanes of at least 4 members (excludes halogenated alkanes) is 2. The maximum atomic E-state index is 13.1. The fraction of sp³-hybridized carbons (Fsp3) is 0.480. The van der Waals surface area contributed by atoms with Gasteiger partial charge in [0.1, 0.15) is 23.0 Å². The van der Waals surface area contributed by atoms with Gasteiger partial charge in [0.25, 0.3) is 11.5 Å². The molecule has 1 amide bonds. The molecule has 0 saturated carbocycles. The van der Waals surface area contributed by atoms with Gasteiger partial charge in [0.2, 0.25) is 0 Å². The van der Waals surface area contributed by atoms with E-state index in [1.54, 1.807) is 31.2 Å². The second-order valence-electron chi connectivity index (χ2n) is 8.46. The van der Waals surface area contributed by atoms with Crippen LogP contribution in [-0.2, 0) is 27.5 Å². The summed E-state index contributed by atoms with van der Waals surface area (Å²) < 4.78 is 7.99. The standard InChI is InChI=1S/C25H32ClN3O6/c1-17(30)8-4-6-14-28-19(3)23(24(33)29(25(28)34)15-7-5-9-18(2)31)27-22(32)16-35-21-12-10-20(26)11-13-21/h10-13H,4-9,14-16H2,1-3H3,(H,27,32). The maximum Gasteiger partial charge on any atom is 0.331 e. The number of carbonyl (C=O) groups is 3. The molecule has 1 heterocycles. The van der Waals surface area contributed by atoms with E-state index in [1.807, 2.05) is 0 Å². The Kier molecular flexibility index (Phi) is 10.9. The normalized spacial score (nSPS) is 10.7. The van der Waals surface area contributed by atoms with Gasteiger partial charge in [-0.15, -0.1) is 0 Å². The van der Waals surface area contributed by atoms with Crippen molar-refractivity contribution >= 4 is 34.8 Å². The number of halogens is 1. The number of hydrogen-bond acceptors (Lipinski definition) is 6. The van der Waals surface area contributed by atoms with Crippen molar-refractivity contribution in [3.63, 3.8) is 0 Å². The third-order valence-corrected chi connectivity index (χ3v) is 5.71. The highest BCUT2D eigenvalue weighted by atomic mass is 35.5. The molecular formula is C25H32ClN3O6. The van der Waals surface area contributed by atoms with Crippen LogP contribution in [0.25, 0.3) is 0 Å². The first-order chi connectivity index (χ1) is 16.6. The van der Waals surface area contributed by atoms with E-state index in [0.29, 0.717) is 61.5 Å². The minimum absolute atomic E-state index is 0.00689. The lowest BCUT2D eigenvalue weighted by molar-refractivity contribution is -0.118. The first-order valence-electron chi connectivity index (χ1n) is 11.6. The molecule has 0 radical (unpaired) electrons. The Morgan fingerprint density at radius 2 is 1.43 bits per heavy atom. The summed E-state index contributed by atoms with van der Waals surface area (Å²) in [7, 11) is 0. The number of rotatable bonds is 14. The Bertz CT molecular complexity index is 1170. The van der Waals surface area contributed by atoms with Gasteiger partial charge in [-0.1, -0.05) is 11.6 Å². The smallest absolute Gasteiger partial charge is 0.331 e. The zero-order valence-electron chi connectivity index (χ0n) is 20.4. The molecule has 0 aliphatic carbocycles. The average Bonchev–Trinajstić information content (AvgIpc) is 2.80. The number of benzene rings is 1. The molecule has 0 fully saturated rings. The van der Waals surface area contributed by atoms with Gasteiger partial charge in [-0.2, -0.15) is 0 Å². The lowest BCUT2D eigenvalue weighted by Crippen LogP contribution is -2.43. The summed E-state index contributed by atoms with van der Waals surface area (Å²) in [5.74, 6) is 0.000536. The van der Waals surface area contributed by atoms with E-state index in [9.17, 15) is 24.0 Å².